The van der Waals surface area contributed by atoms with E-state index in [9.17, 15) is 43.2 Å². The molecule has 0 saturated carbocycles. The summed E-state index contributed by atoms with van der Waals surface area (Å²) in [5.41, 5.74) is 0. The number of aliphatic hydroxyl groups excluding tert-OH is 1. The van der Waals surface area contributed by atoms with Crippen molar-refractivity contribution in [2.75, 3.05) is 39.6 Å². The van der Waals surface area contributed by atoms with Crippen LogP contribution in [0.25, 0.3) is 0 Å². The standard InChI is InChI=1S/C87H150O17P2/c1-5-9-13-17-21-25-29-33-37-39-40-42-45-48-52-56-60-64-68-72-85(90)98-78-83(104-87(92)74-70-66-62-58-54-50-46-41-38-34-30-26-22-18-14-10-6-2)80-102-106(95,96)100-76-81(88)75-99-105(93,94)101-79-82(103-86(91)73-69-65-61-57-53-49-44-36-32-28-24-20-16-12-8-4)77-97-84(89)71-67-63-59-55-51-47-43-35-31-27-23-19-15-11-7-3/h9-10,13-14,21-22,25-26,33-35,37-38,40,42-43,48,52,60,64,81-83,88H,5-8,11-12,15-20,23-24,27-32,36,39,41,44-47,49-51,53-59,61-63,65-80H2,1-4H3,(H,93,94)(H,95,96)/b13-9-,14-10-,25-21-,26-22-,37-33-,38-34-,42-40-,43-35-,52-48-,64-60-. The predicted molar refractivity (Wildman–Crippen MR) is 436 cm³/mol. The number of phosphoric acid groups is 2. The largest absolute Gasteiger partial charge is 0.472 e. The molecule has 0 spiro atoms. The SMILES string of the molecule is CC/C=C\C/C=C\C/C=C\C/C=C\C/C=C\C/C=C\CCC(=O)OCC(COP(=O)(O)OCC(O)COP(=O)(O)OCC(COC(=O)CCCCCCC/C=C\CCCCCCCC)OC(=O)CCCCCCCCCCCCCCCCC)OC(=O)CCCCCCCCC/C=C\C/C=C\C/C=C\CC. The van der Waals surface area contributed by atoms with E-state index in [2.05, 4.69) is 131 Å². The van der Waals surface area contributed by atoms with Gasteiger partial charge >= 0.3 is 39.5 Å². The normalized spacial score (nSPS) is 14.4. The van der Waals surface area contributed by atoms with Crippen molar-refractivity contribution in [3.05, 3.63) is 122 Å². The van der Waals surface area contributed by atoms with Crippen molar-refractivity contribution in [3.8, 4) is 0 Å². The first-order valence-corrected chi connectivity index (χ1v) is 44.8. The van der Waals surface area contributed by atoms with Crippen LogP contribution in [0.3, 0.4) is 0 Å². The third-order valence-electron chi connectivity index (χ3n) is 17.4. The number of carbonyl (C=O) groups is 4. The van der Waals surface area contributed by atoms with Gasteiger partial charge in [0.15, 0.2) is 12.2 Å². The van der Waals surface area contributed by atoms with Crippen molar-refractivity contribution < 1.29 is 80.2 Å². The molecule has 0 aromatic heterocycles. The number of hydrogen-bond acceptors (Lipinski definition) is 15. The fraction of sp³-hybridized carbons (Fsp3) is 0.724. The van der Waals surface area contributed by atoms with Gasteiger partial charge in [-0.25, -0.2) is 9.13 Å². The molecule has 0 fully saturated rings. The van der Waals surface area contributed by atoms with Crippen molar-refractivity contribution in [2.45, 2.75) is 367 Å². The Hall–Kier alpha value is -4.54. The second-order valence-electron chi connectivity index (χ2n) is 27.7. The third kappa shape index (κ3) is 77.6. The van der Waals surface area contributed by atoms with E-state index in [1.807, 2.05) is 18.2 Å². The van der Waals surface area contributed by atoms with Crippen molar-refractivity contribution in [1.29, 1.82) is 0 Å². The average Bonchev–Trinajstić information content (AvgIpc) is 0.902. The minimum Gasteiger partial charge on any atom is -0.462 e. The van der Waals surface area contributed by atoms with E-state index in [1.165, 1.54) is 103 Å². The Morgan fingerprint density at radius 3 is 0.821 bits per heavy atom. The molecule has 5 unspecified atom stereocenters. The summed E-state index contributed by atoms with van der Waals surface area (Å²) in [4.78, 5) is 73.1. The Balaban J connectivity index is 5.43. The van der Waals surface area contributed by atoms with Gasteiger partial charge in [-0.3, -0.25) is 37.3 Å². The average molecular weight is 1530 g/mol. The summed E-state index contributed by atoms with van der Waals surface area (Å²) < 4.78 is 68.7. The lowest BCUT2D eigenvalue weighted by Gasteiger charge is -2.21. The first-order valence-electron chi connectivity index (χ1n) is 41.8. The maximum Gasteiger partial charge on any atom is 0.472 e. The molecule has 0 saturated heterocycles. The van der Waals surface area contributed by atoms with E-state index in [4.69, 9.17) is 37.0 Å². The number of esters is 4. The zero-order valence-corrected chi connectivity index (χ0v) is 68.6. The molecule has 0 aliphatic heterocycles. The molecule has 0 aliphatic rings. The zero-order chi connectivity index (χ0) is 77.4. The molecule has 0 aromatic carbocycles. The van der Waals surface area contributed by atoms with Gasteiger partial charge in [-0.1, -0.05) is 323 Å². The molecule has 0 amide bonds. The summed E-state index contributed by atoms with van der Waals surface area (Å²) in [6, 6.07) is 0. The maximum absolute atomic E-state index is 13.1. The van der Waals surface area contributed by atoms with E-state index < -0.39 is 97.5 Å². The Morgan fingerprint density at radius 2 is 0.509 bits per heavy atom. The first-order chi connectivity index (χ1) is 51.7. The fourth-order valence-corrected chi connectivity index (χ4v) is 12.7. The monoisotopic (exact) mass is 1530 g/mol. The van der Waals surface area contributed by atoms with E-state index in [1.54, 1.807) is 0 Å². The van der Waals surface area contributed by atoms with Crippen molar-refractivity contribution >= 4 is 39.5 Å². The molecular weight excluding hydrogens is 1380 g/mol. The molecule has 0 aliphatic carbocycles. The van der Waals surface area contributed by atoms with Crippen LogP contribution >= 0.6 is 15.6 Å². The van der Waals surface area contributed by atoms with Gasteiger partial charge in [-0.05, 0) is 122 Å². The van der Waals surface area contributed by atoms with E-state index >= 15 is 0 Å². The molecule has 0 heterocycles. The van der Waals surface area contributed by atoms with Crippen LogP contribution in [0, 0.1) is 0 Å². The molecule has 0 aromatic rings. The summed E-state index contributed by atoms with van der Waals surface area (Å²) in [5.74, 6) is -2.28. The molecule has 19 heteroatoms. The van der Waals surface area contributed by atoms with Gasteiger partial charge in [0.2, 0.25) is 0 Å². The highest BCUT2D eigenvalue weighted by Gasteiger charge is 2.30. The number of unbranched alkanes of at least 4 members (excludes halogenated alkanes) is 32. The predicted octanol–water partition coefficient (Wildman–Crippen LogP) is 24.7. The van der Waals surface area contributed by atoms with E-state index in [-0.39, 0.29) is 25.7 Å². The molecular formula is C87H150O17P2. The minimum absolute atomic E-state index is 0.0320. The van der Waals surface area contributed by atoms with Gasteiger partial charge in [-0.15, -0.1) is 0 Å². The number of carbonyl (C=O) groups excluding carboxylic acids is 4. The highest BCUT2D eigenvalue weighted by molar-refractivity contribution is 7.47. The van der Waals surface area contributed by atoms with Crippen molar-refractivity contribution in [3.63, 3.8) is 0 Å². The topological polar surface area (TPSA) is 237 Å². The van der Waals surface area contributed by atoms with Crippen LogP contribution in [0.4, 0.5) is 0 Å². The van der Waals surface area contributed by atoms with Crippen molar-refractivity contribution in [1.82, 2.24) is 0 Å². The molecule has 3 N–H and O–H groups in total. The van der Waals surface area contributed by atoms with Gasteiger partial charge in [0, 0.05) is 25.7 Å². The van der Waals surface area contributed by atoms with Gasteiger partial charge < -0.3 is 33.8 Å². The third-order valence-corrected chi connectivity index (χ3v) is 19.3. The van der Waals surface area contributed by atoms with Crippen LogP contribution < -0.4 is 0 Å². The van der Waals surface area contributed by atoms with E-state index in [0.717, 1.165) is 161 Å². The molecule has 610 valence electrons. The molecule has 0 radical (unpaired) electrons. The Bertz CT molecular complexity index is 2480. The van der Waals surface area contributed by atoms with Gasteiger partial charge in [-0.2, -0.15) is 0 Å². The van der Waals surface area contributed by atoms with Crippen LogP contribution in [0.15, 0.2) is 122 Å². The summed E-state index contributed by atoms with van der Waals surface area (Å²) in [7, 11) is -9.98. The summed E-state index contributed by atoms with van der Waals surface area (Å²) in [6.07, 6.45) is 87.5. The molecule has 106 heavy (non-hydrogen) atoms. The lowest BCUT2D eigenvalue weighted by atomic mass is 10.0. The lowest BCUT2D eigenvalue weighted by molar-refractivity contribution is -0.161. The van der Waals surface area contributed by atoms with Gasteiger partial charge in [0.05, 0.1) is 26.4 Å². The number of phosphoric ester groups is 2. The lowest BCUT2D eigenvalue weighted by Crippen LogP contribution is -2.30. The Kier molecular flexibility index (Phi) is 75.2. The van der Waals surface area contributed by atoms with Crippen LogP contribution in [-0.2, 0) is 65.4 Å². The highest BCUT2D eigenvalue weighted by atomic mass is 31.2. The first kappa shape index (κ1) is 101. The second-order valence-corrected chi connectivity index (χ2v) is 30.6. The van der Waals surface area contributed by atoms with Crippen LogP contribution in [0.2, 0.25) is 0 Å². The number of ether oxygens (including phenoxy) is 4. The summed E-state index contributed by atoms with van der Waals surface area (Å²) in [5, 5.41) is 10.7. The fourth-order valence-electron chi connectivity index (χ4n) is 11.1. The summed E-state index contributed by atoms with van der Waals surface area (Å²) in [6.45, 7) is 4.59. The van der Waals surface area contributed by atoms with Gasteiger partial charge in [0.25, 0.3) is 0 Å². The number of aliphatic hydroxyl groups is 1. The van der Waals surface area contributed by atoms with E-state index in [0.29, 0.717) is 32.1 Å². The smallest absolute Gasteiger partial charge is 0.462 e. The van der Waals surface area contributed by atoms with Crippen LogP contribution in [0.1, 0.15) is 349 Å². The maximum atomic E-state index is 13.1. The van der Waals surface area contributed by atoms with Crippen molar-refractivity contribution in [2.24, 2.45) is 0 Å². The quantitative estimate of drug-likeness (QED) is 0.0169. The molecule has 0 rings (SSSR count). The Labute approximate surface area is 644 Å². The van der Waals surface area contributed by atoms with Crippen LogP contribution in [0.5, 0.6) is 0 Å². The highest BCUT2D eigenvalue weighted by Crippen LogP contribution is 2.45. The number of allylic oxidation sites excluding steroid dienone is 20. The van der Waals surface area contributed by atoms with Crippen LogP contribution in [-0.4, -0.2) is 96.7 Å². The zero-order valence-electron chi connectivity index (χ0n) is 66.8. The minimum atomic E-state index is -5.00. The summed E-state index contributed by atoms with van der Waals surface area (Å²) >= 11 is 0. The van der Waals surface area contributed by atoms with Gasteiger partial charge in [0.1, 0.15) is 19.3 Å². The molecule has 5 atom stereocenters. The number of hydrogen-bond donors (Lipinski definition) is 3. The number of rotatable bonds is 78. The molecule has 17 nitrogen and oxygen atoms in total. The molecule has 0 bridgehead atoms. The Morgan fingerprint density at radius 1 is 0.274 bits per heavy atom. The second kappa shape index (κ2) is 78.6.